The van der Waals surface area contributed by atoms with Crippen molar-refractivity contribution < 1.29 is 13.5 Å². The highest BCUT2D eigenvalue weighted by molar-refractivity contribution is 5.44. The molecule has 1 fully saturated rings. The van der Waals surface area contributed by atoms with Crippen LogP contribution in [0.3, 0.4) is 0 Å². The second-order valence-corrected chi connectivity index (χ2v) is 4.15. The van der Waals surface area contributed by atoms with E-state index >= 15 is 0 Å². The Morgan fingerprint density at radius 3 is 2.88 bits per heavy atom. The van der Waals surface area contributed by atoms with Gasteiger partial charge in [-0.1, -0.05) is 0 Å². The van der Waals surface area contributed by atoms with Crippen LogP contribution >= 0.6 is 0 Å². The highest BCUT2D eigenvalue weighted by atomic mass is 19.1. The molecular weight excluding hydrogens is 212 g/mol. The molecule has 2 atom stereocenters. The van der Waals surface area contributed by atoms with E-state index in [1.807, 2.05) is 6.92 Å². The van der Waals surface area contributed by atoms with Gasteiger partial charge in [0.2, 0.25) is 0 Å². The van der Waals surface area contributed by atoms with Crippen LogP contribution in [0.1, 0.15) is 19.8 Å². The van der Waals surface area contributed by atoms with E-state index in [0.29, 0.717) is 6.54 Å². The van der Waals surface area contributed by atoms with E-state index in [2.05, 4.69) is 5.32 Å². The molecule has 16 heavy (non-hydrogen) atoms. The minimum atomic E-state index is -0.440. The minimum Gasteiger partial charge on any atom is -0.380 e. The fourth-order valence-electron chi connectivity index (χ4n) is 1.89. The lowest BCUT2D eigenvalue weighted by atomic mass is 10.2. The van der Waals surface area contributed by atoms with Crippen molar-refractivity contribution in [2.24, 2.45) is 0 Å². The van der Waals surface area contributed by atoms with Crippen LogP contribution in [0.5, 0.6) is 0 Å². The zero-order valence-electron chi connectivity index (χ0n) is 9.17. The molecule has 0 spiro atoms. The van der Waals surface area contributed by atoms with Crippen molar-refractivity contribution in [3.8, 4) is 0 Å². The topological polar surface area (TPSA) is 21.3 Å². The molecule has 2 unspecified atom stereocenters. The van der Waals surface area contributed by atoms with E-state index in [4.69, 9.17) is 4.74 Å². The maximum absolute atomic E-state index is 13.3. The van der Waals surface area contributed by atoms with Gasteiger partial charge in [-0.25, -0.2) is 8.78 Å². The summed E-state index contributed by atoms with van der Waals surface area (Å²) in [7, 11) is 0. The van der Waals surface area contributed by atoms with Crippen LogP contribution in [0.15, 0.2) is 18.2 Å². The standard InChI is InChI=1S/C12H15F2NO/c1-8-2-4-10(16-8)7-15-12-6-9(13)3-5-11(12)14/h3,5-6,8,10,15H,2,4,7H2,1H3. The molecule has 1 heterocycles. The highest BCUT2D eigenvalue weighted by Crippen LogP contribution is 2.21. The van der Waals surface area contributed by atoms with Gasteiger partial charge in [0.25, 0.3) is 0 Å². The van der Waals surface area contributed by atoms with Gasteiger partial charge in [0, 0.05) is 6.54 Å². The van der Waals surface area contributed by atoms with Crippen molar-refractivity contribution >= 4 is 5.69 Å². The summed E-state index contributed by atoms with van der Waals surface area (Å²) >= 11 is 0. The molecular formula is C12H15F2NO. The van der Waals surface area contributed by atoms with Gasteiger partial charge in [0.1, 0.15) is 11.6 Å². The fraction of sp³-hybridized carbons (Fsp3) is 0.500. The Kier molecular flexibility index (Phi) is 3.39. The van der Waals surface area contributed by atoms with Crippen LogP contribution in [0.25, 0.3) is 0 Å². The average Bonchev–Trinajstić information content (AvgIpc) is 2.66. The summed E-state index contributed by atoms with van der Waals surface area (Å²) in [6.07, 6.45) is 2.35. The summed E-state index contributed by atoms with van der Waals surface area (Å²) in [4.78, 5) is 0. The van der Waals surface area contributed by atoms with Crippen LogP contribution in [0, 0.1) is 11.6 Å². The smallest absolute Gasteiger partial charge is 0.146 e. The highest BCUT2D eigenvalue weighted by Gasteiger charge is 2.21. The van der Waals surface area contributed by atoms with Crippen molar-refractivity contribution in [1.29, 1.82) is 0 Å². The second kappa shape index (κ2) is 4.78. The van der Waals surface area contributed by atoms with Gasteiger partial charge in [-0.05, 0) is 38.0 Å². The maximum atomic E-state index is 13.3. The monoisotopic (exact) mass is 227 g/mol. The van der Waals surface area contributed by atoms with Crippen molar-refractivity contribution in [2.45, 2.75) is 32.0 Å². The SMILES string of the molecule is CC1CCC(CNc2cc(F)ccc2F)O1. The van der Waals surface area contributed by atoms with Crippen LogP contribution in [-0.4, -0.2) is 18.8 Å². The van der Waals surface area contributed by atoms with E-state index in [1.54, 1.807) is 0 Å². The van der Waals surface area contributed by atoms with Crippen molar-refractivity contribution in [2.75, 3.05) is 11.9 Å². The lowest BCUT2D eigenvalue weighted by Gasteiger charge is -2.13. The summed E-state index contributed by atoms with van der Waals surface area (Å²) in [5.74, 6) is -0.878. The fourth-order valence-corrected chi connectivity index (χ4v) is 1.89. The van der Waals surface area contributed by atoms with Crippen LogP contribution in [0.4, 0.5) is 14.5 Å². The molecule has 1 saturated heterocycles. The Bertz CT molecular complexity index is 370. The van der Waals surface area contributed by atoms with Crippen molar-refractivity contribution in [1.82, 2.24) is 0 Å². The number of nitrogens with one attached hydrogen (secondary N) is 1. The molecule has 0 aromatic heterocycles. The number of hydrogen-bond donors (Lipinski definition) is 1. The molecule has 1 aliphatic rings. The number of hydrogen-bond acceptors (Lipinski definition) is 2. The van der Waals surface area contributed by atoms with Gasteiger partial charge >= 0.3 is 0 Å². The normalized spacial score (nSPS) is 24.7. The average molecular weight is 227 g/mol. The van der Waals surface area contributed by atoms with E-state index in [9.17, 15) is 8.78 Å². The van der Waals surface area contributed by atoms with Crippen LogP contribution in [0.2, 0.25) is 0 Å². The molecule has 1 aliphatic heterocycles. The second-order valence-electron chi connectivity index (χ2n) is 4.15. The number of halogens is 2. The summed E-state index contributed by atoms with van der Waals surface area (Å²) in [6, 6.07) is 3.39. The first-order valence-corrected chi connectivity index (χ1v) is 5.49. The van der Waals surface area contributed by atoms with Crippen LogP contribution in [-0.2, 0) is 4.74 Å². The lowest BCUT2D eigenvalue weighted by Crippen LogP contribution is -2.20. The van der Waals surface area contributed by atoms with E-state index < -0.39 is 11.6 Å². The Morgan fingerprint density at radius 1 is 1.38 bits per heavy atom. The van der Waals surface area contributed by atoms with Crippen molar-refractivity contribution in [3.05, 3.63) is 29.8 Å². The lowest BCUT2D eigenvalue weighted by molar-refractivity contribution is 0.0636. The Hall–Kier alpha value is -1.16. The molecule has 0 aliphatic carbocycles. The van der Waals surface area contributed by atoms with Gasteiger partial charge in [0.15, 0.2) is 0 Å². The summed E-state index contributed by atoms with van der Waals surface area (Å²) in [5, 5.41) is 2.88. The number of benzene rings is 1. The first kappa shape index (κ1) is 11.3. The molecule has 2 rings (SSSR count). The maximum Gasteiger partial charge on any atom is 0.146 e. The summed E-state index contributed by atoms with van der Waals surface area (Å²) in [5.41, 5.74) is 0.197. The minimum absolute atomic E-state index is 0.0951. The molecule has 4 heteroatoms. The van der Waals surface area contributed by atoms with E-state index in [1.165, 1.54) is 0 Å². The number of anilines is 1. The Labute approximate surface area is 93.6 Å². The summed E-state index contributed by atoms with van der Waals surface area (Å²) < 4.78 is 31.7. The summed E-state index contributed by atoms with van der Waals surface area (Å²) in [6.45, 7) is 2.54. The molecule has 1 aromatic carbocycles. The molecule has 0 amide bonds. The Balaban J connectivity index is 1.91. The predicted octanol–water partition coefficient (Wildman–Crippen LogP) is 2.94. The zero-order chi connectivity index (χ0) is 11.5. The molecule has 0 radical (unpaired) electrons. The third-order valence-corrected chi connectivity index (χ3v) is 2.77. The molecule has 2 nitrogen and oxygen atoms in total. The molecule has 1 N–H and O–H groups in total. The van der Waals surface area contributed by atoms with Crippen molar-refractivity contribution in [3.63, 3.8) is 0 Å². The van der Waals surface area contributed by atoms with Gasteiger partial charge in [-0.2, -0.15) is 0 Å². The first-order valence-electron chi connectivity index (χ1n) is 5.49. The zero-order valence-corrected chi connectivity index (χ0v) is 9.17. The first-order chi connectivity index (χ1) is 7.65. The number of rotatable bonds is 3. The largest absolute Gasteiger partial charge is 0.380 e. The third kappa shape index (κ3) is 2.70. The third-order valence-electron chi connectivity index (χ3n) is 2.77. The molecule has 88 valence electrons. The van der Waals surface area contributed by atoms with Gasteiger partial charge in [-0.3, -0.25) is 0 Å². The van der Waals surface area contributed by atoms with Gasteiger partial charge < -0.3 is 10.1 Å². The Morgan fingerprint density at radius 2 is 2.19 bits per heavy atom. The number of ether oxygens (including phenoxy) is 1. The quantitative estimate of drug-likeness (QED) is 0.857. The van der Waals surface area contributed by atoms with E-state index in [-0.39, 0.29) is 17.9 Å². The van der Waals surface area contributed by atoms with E-state index in [0.717, 1.165) is 31.0 Å². The molecule has 0 saturated carbocycles. The van der Waals surface area contributed by atoms with Gasteiger partial charge in [-0.15, -0.1) is 0 Å². The molecule has 0 bridgehead atoms. The van der Waals surface area contributed by atoms with Gasteiger partial charge in [0.05, 0.1) is 17.9 Å². The predicted molar refractivity (Wildman–Crippen MR) is 58.4 cm³/mol. The van der Waals surface area contributed by atoms with Crippen LogP contribution < -0.4 is 5.32 Å². The molecule has 1 aromatic rings.